The van der Waals surface area contributed by atoms with Gasteiger partial charge in [-0.1, -0.05) is 60.7 Å². The van der Waals surface area contributed by atoms with Gasteiger partial charge in [0.25, 0.3) is 0 Å². The maximum atomic E-state index is 14.6. The largest absolute Gasteiger partial charge is 0.349 e. The van der Waals surface area contributed by atoms with E-state index >= 15 is 0 Å². The number of rotatable bonds is 5. The molecule has 3 aromatic rings. The van der Waals surface area contributed by atoms with Crippen LogP contribution in [0.25, 0.3) is 0 Å². The molecule has 186 valence electrons. The van der Waals surface area contributed by atoms with Crippen molar-refractivity contribution >= 4 is 28.9 Å². The number of anilines is 1. The van der Waals surface area contributed by atoms with Crippen molar-refractivity contribution in [1.29, 1.82) is 0 Å². The highest BCUT2D eigenvalue weighted by molar-refractivity contribution is 7.80. The summed E-state index contributed by atoms with van der Waals surface area (Å²) in [7, 11) is 0. The summed E-state index contributed by atoms with van der Waals surface area (Å²) in [5.74, 6) is -0.260. The van der Waals surface area contributed by atoms with Gasteiger partial charge >= 0.3 is 0 Å². The zero-order valence-electron chi connectivity index (χ0n) is 20.4. The molecule has 1 amide bonds. The van der Waals surface area contributed by atoms with E-state index in [4.69, 9.17) is 12.2 Å². The minimum atomic E-state index is -0.533. The molecular weight excluding hydrogens is 471 g/mol. The number of amides is 1. The SMILES string of the molecule is Cc1cccc(NC(=S)N2CCC3(CC2)NC(Cc2ccccc2)C(=O)N3Cc2ccccc2F)c1. The summed E-state index contributed by atoms with van der Waals surface area (Å²) >= 11 is 5.71. The highest BCUT2D eigenvalue weighted by Crippen LogP contribution is 2.35. The van der Waals surface area contributed by atoms with Crippen LogP contribution in [0.2, 0.25) is 0 Å². The van der Waals surface area contributed by atoms with Gasteiger partial charge in [-0.15, -0.1) is 0 Å². The molecule has 0 saturated carbocycles. The number of hydrogen-bond acceptors (Lipinski definition) is 3. The Hall–Kier alpha value is -3.29. The first-order valence-corrected chi connectivity index (χ1v) is 12.8. The second-order valence-corrected chi connectivity index (χ2v) is 10.1. The lowest BCUT2D eigenvalue weighted by atomic mass is 9.95. The van der Waals surface area contributed by atoms with Crippen LogP contribution in [0.4, 0.5) is 10.1 Å². The van der Waals surface area contributed by atoms with Crippen LogP contribution in [0, 0.1) is 12.7 Å². The fraction of sp³-hybridized carbons (Fsp3) is 0.310. The van der Waals surface area contributed by atoms with Crippen LogP contribution >= 0.6 is 12.2 Å². The summed E-state index contributed by atoms with van der Waals surface area (Å²) in [4.78, 5) is 17.7. The van der Waals surface area contributed by atoms with E-state index < -0.39 is 5.66 Å². The number of benzene rings is 3. The number of carbonyl (C=O) groups excluding carboxylic acids is 1. The molecule has 7 heteroatoms. The van der Waals surface area contributed by atoms with E-state index in [0.29, 0.717) is 43.0 Å². The first-order valence-electron chi connectivity index (χ1n) is 12.4. The topological polar surface area (TPSA) is 47.6 Å². The average molecular weight is 503 g/mol. The molecule has 2 heterocycles. The first kappa shape index (κ1) is 24.4. The molecular formula is C29H31FN4OS. The van der Waals surface area contributed by atoms with Gasteiger partial charge < -0.3 is 15.1 Å². The van der Waals surface area contributed by atoms with Crippen molar-refractivity contribution in [1.82, 2.24) is 15.1 Å². The van der Waals surface area contributed by atoms with Gasteiger partial charge in [-0.05, 0) is 54.9 Å². The monoisotopic (exact) mass is 502 g/mol. The Kier molecular flexibility index (Phi) is 7.03. The van der Waals surface area contributed by atoms with Crippen LogP contribution in [0.5, 0.6) is 0 Å². The van der Waals surface area contributed by atoms with Crippen molar-refractivity contribution in [2.24, 2.45) is 0 Å². The van der Waals surface area contributed by atoms with Gasteiger partial charge in [0.1, 0.15) is 5.82 Å². The third-order valence-corrected chi connectivity index (χ3v) is 7.60. The third-order valence-electron chi connectivity index (χ3n) is 7.24. The number of likely N-dealkylation sites (tertiary alicyclic amines) is 1. The predicted molar refractivity (Wildman–Crippen MR) is 145 cm³/mol. The number of hydrogen-bond donors (Lipinski definition) is 2. The molecule has 1 atom stereocenters. The zero-order chi connectivity index (χ0) is 25.1. The summed E-state index contributed by atoms with van der Waals surface area (Å²) in [6.45, 7) is 3.70. The minimum Gasteiger partial charge on any atom is -0.349 e. The molecule has 1 unspecified atom stereocenters. The Labute approximate surface area is 217 Å². The van der Waals surface area contributed by atoms with Gasteiger partial charge in [-0.2, -0.15) is 0 Å². The highest BCUT2D eigenvalue weighted by atomic mass is 32.1. The normalized spacial score (nSPS) is 19.1. The number of thiocarbonyl (C=S) groups is 1. The Balaban J connectivity index is 1.33. The van der Waals surface area contributed by atoms with Crippen molar-refractivity contribution in [2.75, 3.05) is 18.4 Å². The zero-order valence-corrected chi connectivity index (χ0v) is 21.2. The predicted octanol–water partition coefficient (Wildman–Crippen LogP) is 4.87. The molecule has 2 aliphatic heterocycles. The number of carbonyl (C=O) groups is 1. The fourth-order valence-corrected chi connectivity index (χ4v) is 5.60. The van der Waals surface area contributed by atoms with Gasteiger partial charge in [-0.25, -0.2) is 4.39 Å². The van der Waals surface area contributed by atoms with E-state index in [1.54, 1.807) is 12.1 Å². The molecule has 0 aromatic heterocycles. The molecule has 0 bridgehead atoms. The van der Waals surface area contributed by atoms with Crippen molar-refractivity contribution in [3.05, 3.63) is 101 Å². The van der Waals surface area contributed by atoms with E-state index in [9.17, 15) is 9.18 Å². The second-order valence-electron chi connectivity index (χ2n) is 9.72. The Morgan fingerprint density at radius 1 is 1.06 bits per heavy atom. The van der Waals surface area contributed by atoms with Gasteiger partial charge in [-0.3, -0.25) is 10.1 Å². The molecule has 2 fully saturated rings. The lowest BCUT2D eigenvalue weighted by molar-refractivity contribution is -0.134. The lowest BCUT2D eigenvalue weighted by Crippen LogP contribution is -2.59. The minimum absolute atomic E-state index is 0.0241. The Morgan fingerprint density at radius 2 is 1.78 bits per heavy atom. The van der Waals surface area contributed by atoms with Crippen molar-refractivity contribution in [3.8, 4) is 0 Å². The van der Waals surface area contributed by atoms with Crippen molar-refractivity contribution < 1.29 is 9.18 Å². The smallest absolute Gasteiger partial charge is 0.241 e. The second kappa shape index (κ2) is 10.4. The van der Waals surface area contributed by atoms with E-state index in [-0.39, 0.29) is 24.3 Å². The van der Waals surface area contributed by atoms with Crippen LogP contribution < -0.4 is 10.6 Å². The van der Waals surface area contributed by atoms with Gasteiger partial charge in [0.2, 0.25) is 5.91 Å². The molecule has 2 aliphatic rings. The van der Waals surface area contributed by atoms with Crippen molar-refractivity contribution in [3.63, 3.8) is 0 Å². The molecule has 2 N–H and O–H groups in total. The van der Waals surface area contributed by atoms with E-state index in [2.05, 4.69) is 34.6 Å². The fourth-order valence-electron chi connectivity index (χ4n) is 5.30. The molecule has 36 heavy (non-hydrogen) atoms. The van der Waals surface area contributed by atoms with E-state index in [0.717, 1.165) is 11.3 Å². The third kappa shape index (κ3) is 5.13. The standard InChI is InChI=1S/C29H31FN4OS/c1-21-8-7-12-24(18-21)31-28(36)33-16-14-29(15-17-33)32-26(19-22-9-3-2-4-10-22)27(35)34(29)20-23-11-5-6-13-25(23)30/h2-13,18,26,32H,14-17,19-20H2,1H3,(H,31,36). The van der Waals surface area contributed by atoms with E-state index in [1.807, 2.05) is 53.4 Å². The number of aryl methyl sites for hydroxylation is 1. The molecule has 0 aliphatic carbocycles. The van der Waals surface area contributed by atoms with E-state index in [1.165, 1.54) is 11.6 Å². The maximum absolute atomic E-state index is 14.6. The average Bonchev–Trinajstić information content (AvgIpc) is 3.11. The summed E-state index contributed by atoms with van der Waals surface area (Å²) in [6.07, 6.45) is 2.01. The van der Waals surface area contributed by atoms with Crippen LogP contribution in [0.1, 0.15) is 29.5 Å². The summed E-state index contributed by atoms with van der Waals surface area (Å²) in [5, 5.41) is 7.70. The van der Waals surface area contributed by atoms with Crippen LogP contribution in [0.3, 0.4) is 0 Å². The summed E-state index contributed by atoms with van der Waals surface area (Å²) < 4.78 is 14.6. The molecule has 5 rings (SSSR count). The molecule has 0 radical (unpaired) electrons. The number of halogens is 1. The molecule has 3 aromatic carbocycles. The van der Waals surface area contributed by atoms with Gasteiger partial charge in [0, 0.05) is 37.2 Å². The Morgan fingerprint density at radius 3 is 2.50 bits per heavy atom. The van der Waals surface area contributed by atoms with Crippen LogP contribution in [0.15, 0.2) is 78.9 Å². The van der Waals surface area contributed by atoms with Gasteiger partial charge in [0.15, 0.2) is 5.11 Å². The molecule has 1 spiro atoms. The van der Waals surface area contributed by atoms with Crippen molar-refractivity contribution in [2.45, 2.75) is 44.4 Å². The summed E-state index contributed by atoms with van der Waals surface area (Å²) in [5.41, 5.74) is 3.24. The first-order chi connectivity index (χ1) is 17.4. The Bertz CT molecular complexity index is 1240. The van der Waals surface area contributed by atoms with Gasteiger partial charge in [0.05, 0.1) is 18.2 Å². The summed E-state index contributed by atoms with van der Waals surface area (Å²) in [6, 6.07) is 24.5. The van der Waals surface area contributed by atoms with Crippen LogP contribution in [-0.2, 0) is 17.8 Å². The van der Waals surface area contributed by atoms with Crippen LogP contribution in [-0.4, -0.2) is 45.6 Å². The number of nitrogens with one attached hydrogen (secondary N) is 2. The quantitative estimate of drug-likeness (QED) is 0.488. The number of nitrogens with zero attached hydrogens (tertiary/aromatic N) is 2. The molecule has 2 saturated heterocycles. The maximum Gasteiger partial charge on any atom is 0.241 e. The molecule has 5 nitrogen and oxygen atoms in total. The number of piperidine rings is 1. The lowest BCUT2D eigenvalue weighted by Gasteiger charge is -2.45. The highest BCUT2D eigenvalue weighted by Gasteiger charge is 2.51.